The van der Waals surface area contributed by atoms with Gasteiger partial charge in [-0.25, -0.2) is 0 Å². The van der Waals surface area contributed by atoms with E-state index < -0.39 is 5.79 Å². The van der Waals surface area contributed by atoms with Crippen LogP contribution in [0.3, 0.4) is 0 Å². The van der Waals surface area contributed by atoms with Crippen LogP contribution in [0.1, 0.15) is 29.5 Å². The van der Waals surface area contributed by atoms with Gasteiger partial charge < -0.3 is 24.4 Å². The highest BCUT2D eigenvalue weighted by Gasteiger charge is 2.29. The van der Waals surface area contributed by atoms with Crippen molar-refractivity contribution in [2.75, 3.05) is 21.3 Å². The summed E-state index contributed by atoms with van der Waals surface area (Å²) in [6, 6.07) is 10.4. The number of rotatable bonds is 9. The monoisotopic (exact) mass is 360 g/mol. The Morgan fingerprint density at radius 3 is 1.92 bits per heavy atom. The summed E-state index contributed by atoms with van der Waals surface area (Å²) in [5, 5.41) is 19.5. The van der Waals surface area contributed by atoms with Gasteiger partial charge >= 0.3 is 0 Å². The second-order valence-corrected chi connectivity index (χ2v) is 6.43. The number of phenolic OH excluding ortho intramolecular Hbond substituents is 2. The van der Waals surface area contributed by atoms with Crippen molar-refractivity contribution in [1.29, 1.82) is 0 Å². The number of benzene rings is 2. The smallest absolute Gasteiger partial charge is 0.168 e. The molecular formula is C21H28O5. The summed E-state index contributed by atoms with van der Waals surface area (Å²) in [5.74, 6) is 0.439. The van der Waals surface area contributed by atoms with Gasteiger partial charge in [-0.05, 0) is 66.8 Å². The third-order valence-electron chi connectivity index (χ3n) is 4.89. The fourth-order valence-corrected chi connectivity index (χ4v) is 3.15. The predicted molar refractivity (Wildman–Crippen MR) is 101 cm³/mol. The zero-order valence-electron chi connectivity index (χ0n) is 15.9. The van der Waals surface area contributed by atoms with Crippen molar-refractivity contribution < 1.29 is 24.4 Å². The highest BCUT2D eigenvalue weighted by atomic mass is 16.7. The standard InChI is InChI=1S/C21H28O5/c1-15-5-6-18(22)13-16(15)9-11-21(25-3,26-4)12-10-17-14-19(23)7-8-20(17)24-2/h5-8,13-14,22-23H,9-12H2,1-4H3. The molecule has 5 heteroatoms. The molecule has 0 aliphatic heterocycles. The van der Waals surface area contributed by atoms with Crippen LogP contribution in [0.15, 0.2) is 36.4 Å². The first-order chi connectivity index (χ1) is 12.4. The Kier molecular flexibility index (Phi) is 6.89. The van der Waals surface area contributed by atoms with Crippen LogP contribution >= 0.6 is 0 Å². The summed E-state index contributed by atoms with van der Waals surface area (Å²) in [4.78, 5) is 0. The quantitative estimate of drug-likeness (QED) is 0.662. The minimum Gasteiger partial charge on any atom is -0.508 e. The van der Waals surface area contributed by atoms with Gasteiger partial charge in [0.25, 0.3) is 0 Å². The Morgan fingerprint density at radius 2 is 1.35 bits per heavy atom. The summed E-state index contributed by atoms with van der Waals surface area (Å²) in [5.41, 5.74) is 3.09. The summed E-state index contributed by atoms with van der Waals surface area (Å²) in [6.07, 6.45) is 2.61. The molecule has 26 heavy (non-hydrogen) atoms. The molecule has 0 unspecified atom stereocenters. The van der Waals surface area contributed by atoms with Crippen molar-refractivity contribution in [2.24, 2.45) is 0 Å². The predicted octanol–water partition coefficient (Wildman–Crippen LogP) is 3.97. The zero-order chi connectivity index (χ0) is 19.2. The summed E-state index contributed by atoms with van der Waals surface area (Å²) in [6.45, 7) is 2.02. The maximum atomic E-state index is 9.74. The minimum absolute atomic E-state index is 0.205. The second-order valence-electron chi connectivity index (χ2n) is 6.43. The molecule has 2 rings (SSSR count). The third kappa shape index (κ3) is 4.90. The molecule has 0 saturated carbocycles. The first-order valence-electron chi connectivity index (χ1n) is 8.67. The number of hydrogen-bond acceptors (Lipinski definition) is 5. The van der Waals surface area contributed by atoms with Gasteiger partial charge in [0.2, 0.25) is 0 Å². The van der Waals surface area contributed by atoms with Crippen molar-refractivity contribution >= 4 is 0 Å². The number of aromatic hydroxyl groups is 2. The van der Waals surface area contributed by atoms with Gasteiger partial charge in [-0.1, -0.05) is 6.07 Å². The van der Waals surface area contributed by atoms with Gasteiger partial charge in [0, 0.05) is 27.1 Å². The minimum atomic E-state index is -0.756. The fraction of sp³-hybridized carbons (Fsp3) is 0.429. The van der Waals surface area contributed by atoms with Crippen LogP contribution in [0.5, 0.6) is 17.2 Å². The van der Waals surface area contributed by atoms with Crippen LogP contribution in [-0.4, -0.2) is 37.3 Å². The molecule has 0 bridgehead atoms. The van der Waals surface area contributed by atoms with E-state index in [2.05, 4.69) is 0 Å². The number of phenols is 2. The van der Waals surface area contributed by atoms with Gasteiger partial charge in [-0.2, -0.15) is 0 Å². The molecule has 0 aliphatic carbocycles. The molecule has 2 N–H and O–H groups in total. The molecule has 0 amide bonds. The van der Waals surface area contributed by atoms with Crippen LogP contribution in [-0.2, 0) is 22.3 Å². The van der Waals surface area contributed by atoms with Crippen molar-refractivity contribution in [3.8, 4) is 17.2 Å². The lowest BCUT2D eigenvalue weighted by molar-refractivity contribution is -0.214. The van der Waals surface area contributed by atoms with Crippen molar-refractivity contribution in [3.63, 3.8) is 0 Å². The highest BCUT2D eigenvalue weighted by Crippen LogP contribution is 2.31. The van der Waals surface area contributed by atoms with Gasteiger partial charge in [-0.3, -0.25) is 0 Å². The Balaban J connectivity index is 2.11. The van der Waals surface area contributed by atoms with Gasteiger partial charge in [0.05, 0.1) is 7.11 Å². The van der Waals surface area contributed by atoms with Crippen LogP contribution in [0.4, 0.5) is 0 Å². The molecule has 0 atom stereocenters. The lowest BCUT2D eigenvalue weighted by Crippen LogP contribution is -2.35. The average molecular weight is 360 g/mol. The van der Waals surface area contributed by atoms with E-state index in [0.717, 1.165) is 28.9 Å². The SMILES string of the molecule is COc1ccc(O)cc1CCC(CCc1cc(O)ccc1C)(OC)OC. The summed E-state index contributed by atoms with van der Waals surface area (Å²) in [7, 11) is 4.89. The first kappa shape index (κ1) is 20.1. The number of methoxy groups -OCH3 is 3. The molecular weight excluding hydrogens is 332 g/mol. The molecule has 142 valence electrons. The van der Waals surface area contributed by atoms with Crippen molar-refractivity contribution in [3.05, 3.63) is 53.1 Å². The molecule has 2 aromatic carbocycles. The Hall–Kier alpha value is -2.24. The van der Waals surface area contributed by atoms with Crippen molar-refractivity contribution in [2.45, 2.75) is 38.4 Å². The molecule has 0 aromatic heterocycles. The van der Waals surface area contributed by atoms with E-state index in [1.807, 2.05) is 13.0 Å². The fourth-order valence-electron chi connectivity index (χ4n) is 3.15. The molecule has 5 nitrogen and oxygen atoms in total. The highest BCUT2D eigenvalue weighted by molar-refractivity contribution is 5.40. The van der Waals surface area contributed by atoms with E-state index >= 15 is 0 Å². The third-order valence-corrected chi connectivity index (χ3v) is 4.89. The van der Waals surface area contributed by atoms with E-state index in [9.17, 15) is 10.2 Å². The maximum absolute atomic E-state index is 9.74. The van der Waals surface area contributed by atoms with E-state index in [-0.39, 0.29) is 11.5 Å². The van der Waals surface area contributed by atoms with E-state index in [1.165, 1.54) is 0 Å². The Morgan fingerprint density at radius 1 is 0.808 bits per heavy atom. The largest absolute Gasteiger partial charge is 0.508 e. The number of aryl methyl sites for hydroxylation is 3. The number of ether oxygens (including phenoxy) is 3. The molecule has 2 aromatic rings. The summed E-state index contributed by atoms with van der Waals surface area (Å²) < 4.78 is 16.8. The average Bonchev–Trinajstić information content (AvgIpc) is 2.65. The van der Waals surface area contributed by atoms with Crippen LogP contribution < -0.4 is 4.74 Å². The molecule has 0 spiro atoms. The summed E-state index contributed by atoms with van der Waals surface area (Å²) >= 11 is 0. The van der Waals surface area contributed by atoms with Gasteiger partial charge in [-0.15, -0.1) is 0 Å². The lowest BCUT2D eigenvalue weighted by Gasteiger charge is -2.31. The van der Waals surface area contributed by atoms with Gasteiger partial charge in [0.15, 0.2) is 5.79 Å². The molecule has 0 heterocycles. The van der Waals surface area contributed by atoms with Crippen molar-refractivity contribution in [1.82, 2.24) is 0 Å². The normalized spacial score (nSPS) is 11.5. The maximum Gasteiger partial charge on any atom is 0.168 e. The molecule has 0 fully saturated rings. The lowest BCUT2D eigenvalue weighted by atomic mass is 9.95. The molecule has 0 saturated heterocycles. The topological polar surface area (TPSA) is 68.2 Å². The Labute approximate surface area is 155 Å². The second kappa shape index (κ2) is 8.92. The van der Waals surface area contributed by atoms with E-state index in [4.69, 9.17) is 14.2 Å². The van der Waals surface area contributed by atoms with E-state index in [1.54, 1.807) is 51.7 Å². The number of hydrogen-bond donors (Lipinski definition) is 2. The molecule has 0 radical (unpaired) electrons. The van der Waals surface area contributed by atoms with Gasteiger partial charge in [0.1, 0.15) is 17.2 Å². The molecule has 0 aliphatic rings. The first-order valence-corrected chi connectivity index (χ1v) is 8.67. The van der Waals surface area contributed by atoms with E-state index in [0.29, 0.717) is 19.3 Å². The van der Waals surface area contributed by atoms with Crippen LogP contribution in [0.2, 0.25) is 0 Å². The Bertz CT molecular complexity index is 722. The van der Waals surface area contributed by atoms with Crippen LogP contribution in [0.25, 0.3) is 0 Å². The zero-order valence-corrected chi connectivity index (χ0v) is 15.9. The van der Waals surface area contributed by atoms with Crippen LogP contribution in [0, 0.1) is 6.92 Å².